The second-order valence-electron chi connectivity index (χ2n) is 3.47. The van der Waals surface area contributed by atoms with Crippen LogP contribution in [0.1, 0.15) is 5.82 Å². The highest BCUT2D eigenvalue weighted by Gasteiger charge is 2.16. The van der Waals surface area contributed by atoms with Gasteiger partial charge in [-0.15, -0.1) is 0 Å². The van der Waals surface area contributed by atoms with Crippen molar-refractivity contribution >= 4 is 46.6 Å². The fourth-order valence-corrected chi connectivity index (χ4v) is 2.71. The summed E-state index contributed by atoms with van der Waals surface area (Å²) in [5.74, 6) is 0.377. The Balaban J connectivity index is 2.44. The number of hydrogen-bond acceptors (Lipinski definition) is 6. The summed E-state index contributed by atoms with van der Waals surface area (Å²) in [6, 6.07) is 3.50. The van der Waals surface area contributed by atoms with Crippen LogP contribution in [0.5, 0.6) is 0 Å². The molecule has 3 aromatic rings. The topological polar surface area (TPSA) is 79.6 Å². The lowest BCUT2D eigenvalue weighted by molar-refractivity contribution is 0.269. The molecule has 0 fully saturated rings. The first kappa shape index (κ1) is 11.7. The number of H-pyrrole nitrogens is 1. The Morgan fingerprint density at radius 3 is 3.06 bits per heavy atom. The van der Waals surface area contributed by atoms with E-state index in [1.54, 1.807) is 16.7 Å². The molecule has 0 saturated carbocycles. The van der Waals surface area contributed by atoms with Crippen molar-refractivity contribution in [1.29, 1.82) is 0 Å². The summed E-state index contributed by atoms with van der Waals surface area (Å²) in [7, 11) is 0. The predicted octanol–water partition coefficient (Wildman–Crippen LogP) is 2.08. The summed E-state index contributed by atoms with van der Waals surface area (Å²) < 4.78 is 10.3. The van der Waals surface area contributed by atoms with E-state index in [0.717, 1.165) is 17.2 Å². The van der Waals surface area contributed by atoms with Crippen LogP contribution in [0.4, 0.5) is 0 Å². The van der Waals surface area contributed by atoms with Gasteiger partial charge in [-0.3, -0.25) is 9.67 Å². The molecule has 1 aromatic carbocycles. The van der Waals surface area contributed by atoms with Crippen LogP contribution >= 0.6 is 35.5 Å². The van der Waals surface area contributed by atoms with Crippen molar-refractivity contribution in [1.82, 2.24) is 23.5 Å². The van der Waals surface area contributed by atoms with Crippen molar-refractivity contribution < 1.29 is 5.11 Å². The SMILES string of the molecule is OCc1n[nH]c(=S)n1-c1c(Cl)ccc2nsnc12. The standard InChI is InChI=1S/C9H6ClN5OS2/c10-4-1-2-5-7(14-18-13-5)8(4)15-6(3-16)11-12-9(15)17/h1-2,16H,3H2,(H,12,17). The number of halogens is 1. The van der Waals surface area contributed by atoms with Gasteiger partial charge in [0.25, 0.3) is 0 Å². The molecule has 6 nitrogen and oxygen atoms in total. The number of benzene rings is 1. The van der Waals surface area contributed by atoms with Gasteiger partial charge in [0.15, 0.2) is 10.6 Å². The van der Waals surface area contributed by atoms with Crippen LogP contribution in [0, 0.1) is 4.77 Å². The lowest BCUT2D eigenvalue weighted by Gasteiger charge is -2.07. The van der Waals surface area contributed by atoms with Crippen molar-refractivity contribution in [3.8, 4) is 5.69 Å². The zero-order valence-electron chi connectivity index (χ0n) is 8.79. The van der Waals surface area contributed by atoms with Crippen molar-refractivity contribution in [2.75, 3.05) is 0 Å². The molecule has 0 bridgehead atoms. The molecule has 0 aliphatic carbocycles. The molecular weight excluding hydrogens is 294 g/mol. The number of aliphatic hydroxyl groups excluding tert-OH is 1. The molecular formula is C9H6ClN5OS2. The molecule has 18 heavy (non-hydrogen) atoms. The van der Waals surface area contributed by atoms with Crippen molar-refractivity contribution in [3.05, 3.63) is 27.8 Å². The minimum absolute atomic E-state index is 0.253. The number of hydrogen-bond donors (Lipinski definition) is 2. The number of aliphatic hydroxyl groups is 1. The second-order valence-corrected chi connectivity index (χ2v) is 4.79. The van der Waals surface area contributed by atoms with E-state index in [2.05, 4.69) is 18.9 Å². The maximum atomic E-state index is 9.28. The van der Waals surface area contributed by atoms with Gasteiger partial charge in [0.05, 0.1) is 22.4 Å². The Hall–Kier alpha value is -1.35. The maximum absolute atomic E-state index is 9.28. The number of aromatic nitrogens is 5. The van der Waals surface area contributed by atoms with Gasteiger partial charge >= 0.3 is 0 Å². The molecule has 92 valence electrons. The van der Waals surface area contributed by atoms with E-state index in [4.69, 9.17) is 23.8 Å². The molecule has 0 aliphatic heterocycles. The highest BCUT2D eigenvalue weighted by Crippen LogP contribution is 2.29. The third kappa shape index (κ3) is 1.65. The minimum Gasteiger partial charge on any atom is -0.388 e. The molecule has 0 spiro atoms. The van der Waals surface area contributed by atoms with Crippen LogP contribution < -0.4 is 0 Å². The van der Waals surface area contributed by atoms with Crippen LogP contribution in [0.3, 0.4) is 0 Å². The molecule has 0 radical (unpaired) electrons. The van der Waals surface area contributed by atoms with Crippen LogP contribution in [-0.4, -0.2) is 28.6 Å². The van der Waals surface area contributed by atoms with Gasteiger partial charge in [-0.25, -0.2) is 0 Å². The van der Waals surface area contributed by atoms with E-state index >= 15 is 0 Å². The monoisotopic (exact) mass is 299 g/mol. The van der Waals surface area contributed by atoms with Crippen molar-refractivity contribution in [2.45, 2.75) is 6.61 Å². The number of rotatable bonds is 2. The molecule has 0 saturated heterocycles. The number of fused-ring (bicyclic) bond motifs is 1. The fraction of sp³-hybridized carbons (Fsp3) is 0.111. The minimum atomic E-state index is -0.253. The first-order chi connectivity index (χ1) is 8.72. The first-order valence-electron chi connectivity index (χ1n) is 4.90. The largest absolute Gasteiger partial charge is 0.388 e. The number of nitrogens with one attached hydrogen (secondary N) is 1. The summed E-state index contributed by atoms with van der Waals surface area (Å²) in [6.07, 6.45) is 0. The maximum Gasteiger partial charge on any atom is 0.200 e. The highest BCUT2D eigenvalue weighted by molar-refractivity contribution is 7.71. The van der Waals surface area contributed by atoms with Crippen LogP contribution in [0.2, 0.25) is 5.02 Å². The van der Waals surface area contributed by atoms with E-state index in [0.29, 0.717) is 26.8 Å². The quantitative estimate of drug-likeness (QED) is 0.708. The van der Waals surface area contributed by atoms with E-state index in [-0.39, 0.29) is 6.61 Å². The third-order valence-electron chi connectivity index (χ3n) is 2.46. The lowest BCUT2D eigenvalue weighted by atomic mass is 10.2. The van der Waals surface area contributed by atoms with Gasteiger partial charge in [-0.1, -0.05) is 11.6 Å². The summed E-state index contributed by atoms with van der Waals surface area (Å²) in [5, 5.41) is 16.3. The molecule has 2 aromatic heterocycles. The smallest absolute Gasteiger partial charge is 0.200 e. The van der Waals surface area contributed by atoms with Crippen LogP contribution in [-0.2, 0) is 6.61 Å². The summed E-state index contributed by atoms with van der Waals surface area (Å²) in [4.78, 5) is 0. The Labute approximate surface area is 115 Å². The van der Waals surface area contributed by atoms with Gasteiger partial charge in [-0.05, 0) is 24.4 Å². The van der Waals surface area contributed by atoms with Gasteiger partial charge in [0.2, 0.25) is 0 Å². The Morgan fingerprint density at radius 2 is 2.28 bits per heavy atom. The van der Waals surface area contributed by atoms with Gasteiger partial charge in [0, 0.05) is 0 Å². The Morgan fingerprint density at radius 1 is 1.44 bits per heavy atom. The molecule has 0 unspecified atom stereocenters. The Bertz CT molecular complexity index is 777. The summed E-state index contributed by atoms with van der Waals surface area (Å²) in [6.45, 7) is -0.253. The van der Waals surface area contributed by atoms with Crippen LogP contribution in [0.15, 0.2) is 12.1 Å². The number of nitrogens with zero attached hydrogens (tertiary/aromatic N) is 4. The van der Waals surface area contributed by atoms with Crippen molar-refractivity contribution in [2.24, 2.45) is 0 Å². The molecule has 9 heteroatoms. The zero-order chi connectivity index (χ0) is 12.7. The second kappa shape index (κ2) is 4.39. The van der Waals surface area contributed by atoms with Gasteiger partial charge in [0.1, 0.15) is 17.6 Å². The van der Waals surface area contributed by atoms with Gasteiger partial charge < -0.3 is 5.11 Å². The van der Waals surface area contributed by atoms with Gasteiger partial charge in [-0.2, -0.15) is 13.8 Å². The summed E-state index contributed by atoms with van der Waals surface area (Å²) in [5.41, 5.74) is 1.96. The highest BCUT2D eigenvalue weighted by atomic mass is 35.5. The lowest BCUT2D eigenvalue weighted by Crippen LogP contribution is -2.03. The van der Waals surface area contributed by atoms with Crippen LogP contribution in [0.25, 0.3) is 16.7 Å². The fourth-order valence-electron chi connectivity index (χ4n) is 1.69. The molecule has 3 rings (SSSR count). The first-order valence-corrected chi connectivity index (χ1v) is 6.42. The molecule has 0 atom stereocenters. The average molecular weight is 300 g/mol. The molecule has 0 amide bonds. The van der Waals surface area contributed by atoms with E-state index < -0.39 is 0 Å². The van der Waals surface area contributed by atoms with E-state index in [9.17, 15) is 5.11 Å². The van der Waals surface area contributed by atoms with Crippen molar-refractivity contribution in [3.63, 3.8) is 0 Å². The number of aromatic amines is 1. The predicted molar refractivity (Wildman–Crippen MR) is 70.7 cm³/mol. The molecule has 2 N–H and O–H groups in total. The van der Waals surface area contributed by atoms with E-state index in [1.807, 2.05) is 0 Å². The normalized spacial score (nSPS) is 11.2. The summed E-state index contributed by atoms with van der Waals surface area (Å²) >= 11 is 12.4. The third-order valence-corrected chi connectivity index (χ3v) is 3.58. The zero-order valence-corrected chi connectivity index (χ0v) is 11.2. The van der Waals surface area contributed by atoms with E-state index in [1.165, 1.54) is 0 Å². The average Bonchev–Trinajstić information content (AvgIpc) is 2.96. The molecule has 0 aliphatic rings. The Kier molecular flexibility index (Phi) is 2.86. The molecule has 2 heterocycles.